The molecule has 2 aromatic heterocycles. The Hall–Kier alpha value is -6.64. The minimum Gasteiger partial charge on any atom is -0.309 e. The standard InChI is InChI=1S/C49H34N2/c1-33-18-26-40(27-19-33)50-46-16-7-5-14-42(46)44-31-38(24-28-48(44)50)39-25-29-49-45(32-39)43-15-6-8-17-47(43)51(49)41-13-9-12-37(30-41)36-22-20-35(21-23-36)34-10-3-2-4-11-34/h2-32H,1H3. The van der Waals surface area contributed by atoms with E-state index in [9.17, 15) is 0 Å². The second kappa shape index (κ2) is 11.8. The molecule has 51 heavy (non-hydrogen) atoms. The molecule has 2 heteroatoms. The van der Waals surface area contributed by atoms with Gasteiger partial charge in [0.25, 0.3) is 0 Å². The minimum absolute atomic E-state index is 1.16. The zero-order chi connectivity index (χ0) is 33.9. The summed E-state index contributed by atoms with van der Waals surface area (Å²) < 4.78 is 4.80. The summed E-state index contributed by atoms with van der Waals surface area (Å²) in [6.07, 6.45) is 0. The molecule has 0 amide bonds. The maximum absolute atomic E-state index is 2.41. The van der Waals surface area contributed by atoms with Gasteiger partial charge in [0, 0.05) is 32.9 Å². The average molecular weight is 651 g/mol. The third-order valence-electron chi connectivity index (χ3n) is 10.4. The van der Waals surface area contributed by atoms with Gasteiger partial charge in [-0.05, 0) is 101 Å². The summed E-state index contributed by atoms with van der Waals surface area (Å²) >= 11 is 0. The Kier molecular flexibility index (Phi) is 6.75. The molecule has 10 rings (SSSR count). The van der Waals surface area contributed by atoms with Crippen LogP contribution in [0.2, 0.25) is 0 Å². The van der Waals surface area contributed by atoms with Gasteiger partial charge in [0.1, 0.15) is 0 Å². The molecule has 240 valence electrons. The van der Waals surface area contributed by atoms with Crippen molar-refractivity contribution in [2.24, 2.45) is 0 Å². The van der Waals surface area contributed by atoms with Gasteiger partial charge in [-0.1, -0.05) is 133 Å². The van der Waals surface area contributed by atoms with Crippen LogP contribution in [0, 0.1) is 6.92 Å². The van der Waals surface area contributed by atoms with Gasteiger partial charge in [-0.3, -0.25) is 0 Å². The second-order valence-corrected chi connectivity index (χ2v) is 13.5. The van der Waals surface area contributed by atoms with Crippen molar-refractivity contribution >= 4 is 43.6 Å². The van der Waals surface area contributed by atoms with Crippen LogP contribution in [0.25, 0.3) is 88.4 Å². The van der Waals surface area contributed by atoms with Gasteiger partial charge in [0.15, 0.2) is 0 Å². The summed E-state index contributed by atoms with van der Waals surface area (Å²) in [6.45, 7) is 2.14. The number of rotatable bonds is 5. The highest BCUT2D eigenvalue weighted by Gasteiger charge is 2.16. The van der Waals surface area contributed by atoms with Gasteiger partial charge in [0.05, 0.1) is 22.1 Å². The molecular formula is C49H34N2. The fourth-order valence-corrected chi connectivity index (χ4v) is 7.87. The number of nitrogens with zero attached hydrogens (tertiary/aromatic N) is 2. The summed E-state index contributed by atoms with van der Waals surface area (Å²) in [5.74, 6) is 0. The molecule has 0 N–H and O–H groups in total. The third-order valence-corrected chi connectivity index (χ3v) is 10.4. The van der Waals surface area contributed by atoms with E-state index < -0.39 is 0 Å². The molecule has 0 radical (unpaired) electrons. The van der Waals surface area contributed by atoms with Crippen LogP contribution in [-0.4, -0.2) is 9.13 Å². The van der Waals surface area contributed by atoms with Crippen LogP contribution in [-0.2, 0) is 0 Å². The maximum Gasteiger partial charge on any atom is 0.0541 e. The number of benzene rings is 8. The van der Waals surface area contributed by atoms with Crippen molar-refractivity contribution in [3.63, 3.8) is 0 Å². The molecule has 0 unspecified atom stereocenters. The lowest BCUT2D eigenvalue weighted by atomic mass is 10.00. The van der Waals surface area contributed by atoms with Gasteiger partial charge < -0.3 is 9.13 Å². The Balaban J connectivity index is 1.08. The lowest BCUT2D eigenvalue weighted by Gasteiger charge is -2.11. The van der Waals surface area contributed by atoms with Crippen LogP contribution in [0.3, 0.4) is 0 Å². The first kappa shape index (κ1) is 29.3. The highest BCUT2D eigenvalue weighted by Crippen LogP contribution is 2.39. The van der Waals surface area contributed by atoms with Crippen molar-refractivity contribution in [1.82, 2.24) is 9.13 Å². The Bertz CT molecular complexity index is 2890. The number of hydrogen-bond donors (Lipinski definition) is 0. The quantitative estimate of drug-likeness (QED) is 0.175. The molecule has 0 saturated heterocycles. The number of hydrogen-bond acceptors (Lipinski definition) is 0. The lowest BCUT2D eigenvalue weighted by molar-refractivity contribution is 1.17. The summed E-state index contributed by atoms with van der Waals surface area (Å²) in [4.78, 5) is 0. The van der Waals surface area contributed by atoms with Crippen molar-refractivity contribution in [1.29, 1.82) is 0 Å². The fourth-order valence-electron chi connectivity index (χ4n) is 7.87. The van der Waals surface area contributed by atoms with Gasteiger partial charge in [0.2, 0.25) is 0 Å². The fraction of sp³-hybridized carbons (Fsp3) is 0.0204. The highest BCUT2D eigenvalue weighted by atomic mass is 15.0. The molecule has 2 nitrogen and oxygen atoms in total. The molecular weight excluding hydrogens is 617 g/mol. The second-order valence-electron chi connectivity index (χ2n) is 13.5. The molecule has 0 atom stereocenters. The molecule has 2 heterocycles. The molecule has 0 spiro atoms. The van der Waals surface area contributed by atoms with Crippen molar-refractivity contribution in [3.8, 4) is 44.8 Å². The first-order valence-electron chi connectivity index (χ1n) is 17.6. The number of aryl methyl sites for hydroxylation is 1. The average Bonchev–Trinajstić information content (AvgIpc) is 3.71. The lowest BCUT2D eigenvalue weighted by Crippen LogP contribution is -1.94. The zero-order valence-electron chi connectivity index (χ0n) is 28.3. The number of fused-ring (bicyclic) bond motifs is 6. The van der Waals surface area contributed by atoms with Crippen molar-refractivity contribution < 1.29 is 0 Å². The van der Waals surface area contributed by atoms with E-state index in [1.165, 1.54) is 88.2 Å². The summed E-state index contributed by atoms with van der Waals surface area (Å²) in [5.41, 5.74) is 15.8. The van der Waals surface area contributed by atoms with E-state index in [4.69, 9.17) is 0 Å². The normalized spacial score (nSPS) is 11.6. The van der Waals surface area contributed by atoms with Gasteiger partial charge in [-0.15, -0.1) is 0 Å². The van der Waals surface area contributed by atoms with E-state index in [0.29, 0.717) is 0 Å². The van der Waals surface area contributed by atoms with Crippen LogP contribution < -0.4 is 0 Å². The molecule has 8 aromatic carbocycles. The van der Waals surface area contributed by atoms with E-state index in [-0.39, 0.29) is 0 Å². The van der Waals surface area contributed by atoms with Gasteiger partial charge in [-0.2, -0.15) is 0 Å². The third kappa shape index (κ3) is 4.87. The topological polar surface area (TPSA) is 9.86 Å². The Morgan fingerprint density at radius 1 is 0.275 bits per heavy atom. The zero-order valence-corrected chi connectivity index (χ0v) is 28.3. The predicted molar refractivity (Wildman–Crippen MR) is 216 cm³/mol. The minimum atomic E-state index is 1.16. The van der Waals surface area contributed by atoms with Crippen LogP contribution in [0.4, 0.5) is 0 Å². The molecule has 0 saturated carbocycles. The summed E-state index contributed by atoms with van der Waals surface area (Å²) in [7, 11) is 0. The molecule has 0 bridgehead atoms. The van der Waals surface area contributed by atoms with Crippen LogP contribution in [0.15, 0.2) is 188 Å². The van der Waals surface area contributed by atoms with Crippen LogP contribution >= 0.6 is 0 Å². The maximum atomic E-state index is 2.41. The Labute approximate surface area is 297 Å². The predicted octanol–water partition coefficient (Wildman–Crippen LogP) is 13.2. The largest absolute Gasteiger partial charge is 0.309 e. The Morgan fingerprint density at radius 3 is 1.31 bits per heavy atom. The van der Waals surface area contributed by atoms with E-state index in [1.54, 1.807) is 0 Å². The molecule has 10 aromatic rings. The molecule has 0 fully saturated rings. The Morgan fingerprint density at radius 2 is 0.706 bits per heavy atom. The highest BCUT2D eigenvalue weighted by molar-refractivity contribution is 6.12. The summed E-state index contributed by atoms with van der Waals surface area (Å²) in [5, 5.41) is 5.04. The van der Waals surface area contributed by atoms with E-state index in [0.717, 1.165) is 5.69 Å². The molecule has 0 aliphatic carbocycles. The number of aromatic nitrogens is 2. The first-order chi connectivity index (χ1) is 25.2. The SMILES string of the molecule is Cc1ccc(-n2c3ccccc3c3cc(-c4ccc5c(c4)c4ccccc4n5-c4cccc(-c5ccc(-c6ccccc6)cc5)c4)ccc32)cc1. The van der Waals surface area contributed by atoms with Crippen molar-refractivity contribution in [2.75, 3.05) is 0 Å². The van der Waals surface area contributed by atoms with Crippen molar-refractivity contribution in [3.05, 3.63) is 194 Å². The van der Waals surface area contributed by atoms with Crippen molar-refractivity contribution in [2.45, 2.75) is 6.92 Å². The van der Waals surface area contributed by atoms with E-state index in [2.05, 4.69) is 204 Å². The van der Waals surface area contributed by atoms with Crippen LogP contribution in [0.1, 0.15) is 5.56 Å². The van der Waals surface area contributed by atoms with Gasteiger partial charge >= 0.3 is 0 Å². The molecule has 0 aliphatic heterocycles. The van der Waals surface area contributed by atoms with Gasteiger partial charge in [-0.25, -0.2) is 0 Å². The first-order valence-corrected chi connectivity index (χ1v) is 17.6. The molecule has 0 aliphatic rings. The van der Waals surface area contributed by atoms with E-state index in [1.807, 2.05) is 0 Å². The monoisotopic (exact) mass is 650 g/mol. The number of para-hydroxylation sites is 2. The smallest absolute Gasteiger partial charge is 0.0541 e. The van der Waals surface area contributed by atoms with Crippen LogP contribution in [0.5, 0.6) is 0 Å². The van der Waals surface area contributed by atoms with E-state index >= 15 is 0 Å². The summed E-state index contributed by atoms with van der Waals surface area (Å²) in [6, 6.07) is 68.6.